The number of alkyl halides is 4. The van der Waals surface area contributed by atoms with E-state index in [1.54, 1.807) is 0 Å². The van der Waals surface area contributed by atoms with Gasteiger partial charge in [-0.1, -0.05) is 12.1 Å². The highest BCUT2D eigenvalue weighted by Gasteiger charge is 2.63. The fraction of sp³-hybridized carbons (Fsp3) is 0.333. The lowest BCUT2D eigenvalue weighted by Gasteiger charge is -2.33. The summed E-state index contributed by atoms with van der Waals surface area (Å²) in [4.78, 5) is 0. The highest BCUT2D eigenvalue weighted by Crippen LogP contribution is 2.48. The summed E-state index contributed by atoms with van der Waals surface area (Å²) in [5.74, 6) is -0.338. The first kappa shape index (κ1) is 10.4. The predicted molar refractivity (Wildman–Crippen MR) is 47.1 cm³/mol. The zero-order valence-corrected chi connectivity index (χ0v) is 8.32. The Morgan fingerprint density at radius 2 is 1.87 bits per heavy atom. The van der Waals surface area contributed by atoms with Crippen molar-refractivity contribution in [3.8, 4) is 11.5 Å². The van der Waals surface area contributed by atoms with E-state index in [9.17, 15) is 13.2 Å². The molecule has 15 heavy (non-hydrogen) atoms. The van der Waals surface area contributed by atoms with Gasteiger partial charge in [-0.2, -0.15) is 13.2 Å². The summed E-state index contributed by atoms with van der Waals surface area (Å²) in [6.07, 6.45) is -4.21. The number of fused-ring (bicyclic) bond motifs is 1. The van der Waals surface area contributed by atoms with E-state index in [1.807, 2.05) is 0 Å². The Bertz CT molecular complexity index is 406. The van der Waals surface area contributed by atoms with Gasteiger partial charge in [0.1, 0.15) is 0 Å². The van der Waals surface area contributed by atoms with Gasteiger partial charge in [-0.05, 0) is 30.2 Å². The average molecular weight is 239 g/mol. The van der Waals surface area contributed by atoms with Crippen molar-refractivity contribution in [3.63, 3.8) is 0 Å². The molecule has 1 aliphatic rings. The molecule has 1 heterocycles. The maximum absolute atomic E-state index is 13.1. The molecule has 0 saturated carbocycles. The lowest BCUT2D eigenvalue weighted by Crippen LogP contribution is -2.51. The molecular formula is C9H6ClF3O2. The van der Waals surface area contributed by atoms with E-state index in [-0.39, 0.29) is 11.5 Å². The van der Waals surface area contributed by atoms with Crippen LogP contribution in [0, 0.1) is 6.92 Å². The first-order chi connectivity index (χ1) is 6.83. The summed E-state index contributed by atoms with van der Waals surface area (Å²) in [6, 6.07) is 4.36. The largest absolute Gasteiger partial charge is 0.488 e. The molecule has 2 nitrogen and oxygen atoms in total. The van der Waals surface area contributed by atoms with Crippen molar-refractivity contribution in [2.75, 3.05) is 0 Å². The van der Waals surface area contributed by atoms with Crippen LogP contribution in [0.4, 0.5) is 13.2 Å². The van der Waals surface area contributed by atoms with Crippen molar-refractivity contribution in [2.45, 2.75) is 18.3 Å². The van der Waals surface area contributed by atoms with Gasteiger partial charge in [-0.3, -0.25) is 0 Å². The van der Waals surface area contributed by atoms with Crippen LogP contribution in [0.25, 0.3) is 0 Å². The third-order valence-electron chi connectivity index (χ3n) is 1.98. The Morgan fingerprint density at radius 3 is 2.53 bits per heavy atom. The van der Waals surface area contributed by atoms with Gasteiger partial charge in [0.15, 0.2) is 11.5 Å². The number of benzene rings is 1. The van der Waals surface area contributed by atoms with E-state index < -0.39 is 11.4 Å². The second-order valence-corrected chi connectivity index (χ2v) is 3.63. The molecular weight excluding hydrogens is 233 g/mol. The molecule has 0 radical (unpaired) electrons. The Kier molecular flexibility index (Phi) is 2.05. The second kappa shape index (κ2) is 2.95. The quantitative estimate of drug-likeness (QED) is 0.646. The molecule has 0 bridgehead atoms. The molecule has 0 aliphatic carbocycles. The van der Waals surface area contributed by atoms with Gasteiger partial charge in [0.2, 0.25) is 0 Å². The van der Waals surface area contributed by atoms with E-state index in [4.69, 9.17) is 11.6 Å². The van der Waals surface area contributed by atoms with Crippen LogP contribution in [0.1, 0.15) is 5.56 Å². The molecule has 82 valence electrons. The van der Waals surface area contributed by atoms with Gasteiger partial charge in [-0.15, -0.1) is 0 Å². The highest BCUT2D eigenvalue weighted by atomic mass is 35.5. The van der Waals surface area contributed by atoms with E-state index in [0.717, 1.165) is 0 Å². The standard InChI is InChI=1S/C9H6ClF3O2/c1-5-3-2-4-6-7(5)15-9(12,13)8(10,11)14-6/h2-4H,1H3. The zero-order chi connectivity index (χ0) is 11.3. The predicted octanol–water partition coefficient (Wildman–Crippen LogP) is 3.22. The third kappa shape index (κ3) is 1.51. The second-order valence-electron chi connectivity index (χ2n) is 3.14. The van der Waals surface area contributed by atoms with Crippen molar-refractivity contribution < 1.29 is 22.6 Å². The lowest BCUT2D eigenvalue weighted by molar-refractivity contribution is -0.303. The summed E-state index contributed by atoms with van der Waals surface area (Å²) in [5, 5.41) is -3.67. The summed E-state index contributed by atoms with van der Waals surface area (Å²) in [7, 11) is 0. The third-order valence-corrected chi connectivity index (χ3v) is 2.28. The van der Waals surface area contributed by atoms with Gasteiger partial charge in [0.25, 0.3) is 0 Å². The van der Waals surface area contributed by atoms with E-state index in [0.29, 0.717) is 5.56 Å². The van der Waals surface area contributed by atoms with Gasteiger partial charge >= 0.3 is 11.4 Å². The van der Waals surface area contributed by atoms with Crippen molar-refractivity contribution in [2.24, 2.45) is 0 Å². The van der Waals surface area contributed by atoms with Crippen molar-refractivity contribution in [1.82, 2.24) is 0 Å². The van der Waals surface area contributed by atoms with Crippen LogP contribution in [0.3, 0.4) is 0 Å². The molecule has 0 amide bonds. The number of hydrogen-bond acceptors (Lipinski definition) is 2. The number of halogens is 4. The molecule has 0 saturated heterocycles. The normalized spacial score (nSPS) is 27.5. The monoisotopic (exact) mass is 238 g/mol. The Morgan fingerprint density at radius 1 is 1.20 bits per heavy atom. The summed E-state index contributed by atoms with van der Waals surface area (Å²) in [6.45, 7) is 1.54. The Labute approximate surface area is 88.5 Å². The van der Waals surface area contributed by atoms with Gasteiger partial charge in [0.05, 0.1) is 0 Å². The first-order valence-corrected chi connectivity index (χ1v) is 4.44. The highest BCUT2D eigenvalue weighted by molar-refractivity contribution is 6.22. The summed E-state index contributed by atoms with van der Waals surface area (Å²) < 4.78 is 47.6. The minimum Gasteiger partial charge on any atom is -0.434 e. The number of para-hydroxylation sites is 1. The molecule has 2 rings (SSSR count). The average Bonchev–Trinajstić information content (AvgIpc) is 2.08. The van der Waals surface area contributed by atoms with Gasteiger partial charge in [0, 0.05) is 0 Å². The van der Waals surface area contributed by atoms with Gasteiger partial charge < -0.3 is 9.47 Å². The Hall–Kier alpha value is -1.10. The molecule has 0 spiro atoms. The topological polar surface area (TPSA) is 18.5 Å². The maximum atomic E-state index is 13.1. The van der Waals surface area contributed by atoms with E-state index >= 15 is 0 Å². The number of aryl methyl sites for hydroxylation is 1. The van der Waals surface area contributed by atoms with E-state index in [2.05, 4.69) is 9.47 Å². The SMILES string of the molecule is Cc1cccc2c1OC(F)(F)C(F)(Cl)O2. The molecule has 0 N–H and O–H groups in total. The van der Waals surface area contributed by atoms with Crippen molar-refractivity contribution in [3.05, 3.63) is 23.8 Å². The number of ether oxygens (including phenoxy) is 2. The zero-order valence-electron chi connectivity index (χ0n) is 7.56. The van der Waals surface area contributed by atoms with Gasteiger partial charge in [-0.25, -0.2) is 0 Å². The Balaban J connectivity index is 2.52. The molecule has 1 aromatic carbocycles. The van der Waals surface area contributed by atoms with Crippen LogP contribution in [0.15, 0.2) is 18.2 Å². The lowest BCUT2D eigenvalue weighted by atomic mass is 10.2. The number of hydrogen-bond donors (Lipinski definition) is 0. The maximum Gasteiger partial charge on any atom is 0.488 e. The molecule has 1 atom stereocenters. The van der Waals surface area contributed by atoms with Crippen LogP contribution >= 0.6 is 11.6 Å². The van der Waals surface area contributed by atoms with Crippen LogP contribution in [0.2, 0.25) is 0 Å². The fourth-order valence-electron chi connectivity index (χ4n) is 1.22. The number of rotatable bonds is 0. The molecule has 1 aliphatic heterocycles. The summed E-state index contributed by atoms with van der Waals surface area (Å²) >= 11 is 4.88. The molecule has 6 heteroatoms. The molecule has 0 fully saturated rings. The van der Waals surface area contributed by atoms with Crippen LogP contribution in [0.5, 0.6) is 11.5 Å². The first-order valence-electron chi connectivity index (χ1n) is 4.07. The smallest absolute Gasteiger partial charge is 0.434 e. The van der Waals surface area contributed by atoms with Crippen LogP contribution in [-0.4, -0.2) is 11.4 Å². The van der Waals surface area contributed by atoms with Crippen LogP contribution in [-0.2, 0) is 0 Å². The minimum atomic E-state index is -4.21. The molecule has 1 unspecified atom stereocenters. The van der Waals surface area contributed by atoms with E-state index in [1.165, 1.54) is 25.1 Å². The molecule has 1 aromatic rings. The summed E-state index contributed by atoms with van der Waals surface area (Å²) in [5.41, 5.74) is 0.416. The van der Waals surface area contributed by atoms with Crippen LogP contribution < -0.4 is 9.47 Å². The molecule has 0 aromatic heterocycles. The fourth-order valence-corrected chi connectivity index (χ4v) is 1.34. The minimum absolute atomic E-state index is 0.140. The van der Waals surface area contributed by atoms with Crippen molar-refractivity contribution in [1.29, 1.82) is 0 Å². The van der Waals surface area contributed by atoms with Crippen molar-refractivity contribution >= 4 is 11.6 Å².